The van der Waals surface area contributed by atoms with Crippen molar-refractivity contribution in [3.05, 3.63) is 89.3 Å². The zero-order chi connectivity index (χ0) is 22.8. The zero-order valence-corrected chi connectivity index (χ0v) is 18.0. The second-order valence-corrected chi connectivity index (χ2v) is 7.76. The van der Waals surface area contributed by atoms with E-state index < -0.39 is 5.91 Å². The number of carbonyl (C=O) groups excluding carboxylic acids is 2. The van der Waals surface area contributed by atoms with Gasteiger partial charge in [0.2, 0.25) is 0 Å². The molecule has 2 N–H and O–H groups in total. The van der Waals surface area contributed by atoms with Crippen LogP contribution in [0.4, 0.5) is 5.69 Å². The van der Waals surface area contributed by atoms with Crippen LogP contribution in [-0.2, 0) is 6.42 Å². The van der Waals surface area contributed by atoms with Gasteiger partial charge in [0, 0.05) is 35.3 Å². The number of pyridine rings is 2. The first-order chi connectivity index (χ1) is 16.1. The number of rotatable bonds is 4. The molecule has 1 aromatic carbocycles. The maximum Gasteiger partial charge on any atom is 0.291 e. The van der Waals surface area contributed by atoms with Crippen molar-refractivity contribution in [2.75, 3.05) is 5.32 Å². The number of hydrazone groups is 1. The van der Waals surface area contributed by atoms with Crippen molar-refractivity contribution < 1.29 is 14.0 Å². The molecule has 3 aromatic heterocycles. The molecule has 1 aliphatic rings. The molecule has 0 saturated carbocycles. The molecule has 0 spiro atoms. The van der Waals surface area contributed by atoms with Gasteiger partial charge in [-0.05, 0) is 44.0 Å². The Balaban J connectivity index is 1.41. The van der Waals surface area contributed by atoms with E-state index >= 15 is 0 Å². The minimum atomic E-state index is -0.391. The standard InChI is InChI=1S/C25H21N5O3/c1-15-21-17(29-30-24(31)19-9-2-3-13-26-19)10-5-12-20(21)33-23(15)25(32)28-18-11-4-7-16-8-6-14-27-22(16)18/h2-4,6-9,11,13-14H,5,10,12H2,1H3,(H,28,32)(H,30,31)/b29-17+. The van der Waals surface area contributed by atoms with Crippen LogP contribution in [-0.4, -0.2) is 27.5 Å². The summed E-state index contributed by atoms with van der Waals surface area (Å²) in [7, 11) is 0. The van der Waals surface area contributed by atoms with Crippen molar-refractivity contribution in [2.45, 2.75) is 26.2 Å². The zero-order valence-electron chi connectivity index (χ0n) is 18.0. The number of hydrogen-bond donors (Lipinski definition) is 2. The molecule has 0 fully saturated rings. The number of anilines is 1. The highest BCUT2D eigenvalue weighted by Crippen LogP contribution is 2.31. The lowest BCUT2D eigenvalue weighted by Crippen LogP contribution is -2.22. The van der Waals surface area contributed by atoms with E-state index in [-0.39, 0.29) is 17.4 Å². The first-order valence-electron chi connectivity index (χ1n) is 10.7. The third-order valence-electron chi connectivity index (χ3n) is 5.60. The van der Waals surface area contributed by atoms with Crippen molar-refractivity contribution in [2.24, 2.45) is 5.10 Å². The minimum Gasteiger partial charge on any atom is -0.455 e. The second-order valence-electron chi connectivity index (χ2n) is 7.76. The Hall–Kier alpha value is -4.33. The molecule has 8 nitrogen and oxygen atoms in total. The highest BCUT2D eigenvalue weighted by molar-refractivity contribution is 6.11. The van der Waals surface area contributed by atoms with Gasteiger partial charge in [0.1, 0.15) is 11.5 Å². The first-order valence-corrected chi connectivity index (χ1v) is 10.7. The molecule has 8 heteroatoms. The normalized spacial score (nSPS) is 14.2. The SMILES string of the molecule is Cc1c(C(=O)Nc2cccc3cccnc23)oc2c1/C(=N/NC(=O)c1ccccn1)CCC2. The minimum absolute atomic E-state index is 0.235. The molecule has 2 amide bonds. The number of benzene rings is 1. The third-order valence-corrected chi connectivity index (χ3v) is 5.60. The molecule has 0 saturated heterocycles. The Bertz CT molecular complexity index is 1390. The summed E-state index contributed by atoms with van der Waals surface area (Å²) in [6.45, 7) is 1.83. The number of fused-ring (bicyclic) bond motifs is 2. The van der Waals surface area contributed by atoms with Gasteiger partial charge in [0.15, 0.2) is 5.76 Å². The fourth-order valence-corrected chi connectivity index (χ4v) is 4.05. The molecule has 0 atom stereocenters. The summed E-state index contributed by atoms with van der Waals surface area (Å²) < 4.78 is 5.97. The van der Waals surface area contributed by atoms with Gasteiger partial charge >= 0.3 is 0 Å². The fraction of sp³-hybridized carbons (Fsp3) is 0.160. The molecule has 1 aliphatic carbocycles. The van der Waals surface area contributed by atoms with Crippen molar-refractivity contribution in [3.63, 3.8) is 0 Å². The van der Waals surface area contributed by atoms with E-state index in [2.05, 4.69) is 25.8 Å². The number of nitrogens with one attached hydrogen (secondary N) is 2. The predicted molar refractivity (Wildman–Crippen MR) is 124 cm³/mol. The van der Waals surface area contributed by atoms with Crippen LogP contribution in [0.5, 0.6) is 0 Å². The van der Waals surface area contributed by atoms with Gasteiger partial charge in [-0.2, -0.15) is 5.10 Å². The Morgan fingerprint density at radius 3 is 2.67 bits per heavy atom. The maximum atomic E-state index is 13.1. The number of aryl methyl sites for hydroxylation is 1. The summed E-state index contributed by atoms with van der Waals surface area (Å²) >= 11 is 0. The topological polar surface area (TPSA) is 109 Å². The Morgan fingerprint density at radius 1 is 0.970 bits per heavy atom. The summed E-state index contributed by atoms with van der Waals surface area (Å²) in [6, 6.07) is 14.5. The highest BCUT2D eigenvalue weighted by atomic mass is 16.4. The predicted octanol–water partition coefficient (Wildman–Crippen LogP) is 4.25. The number of nitrogens with zero attached hydrogens (tertiary/aromatic N) is 3. The van der Waals surface area contributed by atoms with Gasteiger partial charge in [-0.25, -0.2) is 5.43 Å². The van der Waals surface area contributed by atoms with Crippen molar-refractivity contribution >= 4 is 34.1 Å². The number of para-hydroxylation sites is 1. The Morgan fingerprint density at radius 2 is 1.82 bits per heavy atom. The van der Waals surface area contributed by atoms with Crippen LogP contribution in [0.3, 0.4) is 0 Å². The number of hydrogen-bond acceptors (Lipinski definition) is 6. The molecule has 4 aromatic rings. The van der Waals surface area contributed by atoms with E-state index in [9.17, 15) is 9.59 Å². The molecule has 3 heterocycles. The average Bonchev–Trinajstić information content (AvgIpc) is 3.20. The summed E-state index contributed by atoms with van der Waals surface area (Å²) in [4.78, 5) is 33.9. The van der Waals surface area contributed by atoms with Gasteiger partial charge in [-0.3, -0.25) is 19.6 Å². The molecule has 33 heavy (non-hydrogen) atoms. The number of carbonyl (C=O) groups is 2. The molecule has 0 bridgehead atoms. The van der Waals surface area contributed by atoms with Crippen LogP contribution in [0.25, 0.3) is 10.9 Å². The van der Waals surface area contributed by atoms with E-state index in [0.717, 1.165) is 17.4 Å². The summed E-state index contributed by atoms with van der Waals surface area (Å²) in [5.74, 6) is 0.194. The number of aromatic nitrogens is 2. The highest BCUT2D eigenvalue weighted by Gasteiger charge is 2.28. The van der Waals surface area contributed by atoms with E-state index in [4.69, 9.17) is 4.42 Å². The third kappa shape index (κ3) is 3.98. The molecule has 0 radical (unpaired) electrons. The van der Waals surface area contributed by atoms with Gasteiger partial charge in [-0.1, -0.05) is 24.3 Å². The number of furan rings is 1. The quantitative estimate of drug-likeness (QED) is 0.462. The summed E-state index contributed by atoms with van der Waals surface area (Å²) in [6.07, 6.45) is 5.43. The van der Waals surface area contributed by atoms with Crippen molar-refractivity contribution in [3.8, 4) is 0 Å². The lowest BCUT2D eigenvalue weighted by Gasteiger charge is -2.13. The maximum absolute atomic E-state index is 13.1. The number of amides is 2. The van der Waals surface area contributed by atoms with Gasteiger partial charge in [0.05, 0.1) is 16.9 Å². The monoisotopic (exact) mass is 439 g/mol. The van der Waals surface area contributed by atoms with Gasteiger partial charge in [0.25, 0.3) is 11.8 Å². The molecule has 164 valence electrons. The lowest BCUT2D eigenvalue weighted by atomic mass is 9.93. The van der Waals surface area contributed by atoms with E-state index in [1.807, 2.05) is 37.3 Å². The van der Waals surface area contributed by atoms with Crippen LogP contribution in [0.1, 0.15) is 50.8 Å². The summed E-state index contributed by atoms with van der Waals surface area (Å²) in [5.41, 5.74) is 6.34. The summed E-state index contributed by atoms with van der Waals surface area (Å²) in [5, 5.41) is 8.19. The van der Waals surface area contributed by atoms with Crippen molar-refractivity contribution in [1.82, 2.24) is 15.4 Å². The largest absolute Gasteiger partial charge is 0.455 e. The molecular weight excluding hydrogens is 418 g/mol. The molecule has 0 unspecified atom stereocenters. The Kier molecular flexibility index (Phi) is 5.40. The average molecular weight is 439 g/mol. The molecule has 5 rings (SSSR count). The fourth-order valence-electron chi connectivity index (χ4n) is 4.05. The second kappa shape index (κ2) is 8.66. The van der Waals surface area contributed by atoms with Crippen LogP contribution < -0.4 is 10.7 Å². The Labute approximate surface area is 189 Å². The van der Waals surface area contributed by atoms with E-state index in [1.54, 1.807) is 30.6 Å². The van der Waals surface area contributed by atoms with Gasteiger partial charge < -0.3 is 9.73 Å². The van der Waals surface area contributed by atoms with E-state index in [1.165, 1.54) is 0 Å². The molecular formula is C25H21N5O3. The lowest BCUT2D eigenvalue weighted by molar-refractivity contribution is 0.0948. The van der Waals surface area contributed by atoms with Crippen LogP contribution >= 0.6 is 0 Å². The smallest absolute Gasteiger partial charge is 0.291 e. The van der Waals surface area contributed by atoms with Gasteiger partial charge in [-0.15, -0.1) is 0 Å². The molecule has 0 aliphatic heterocycles. The van der Waals surface area contributed by atoms with Crippen molar-refractivity contribution in [1.29, 1.82) is 0 Å². The first kappa shape index (κ1) is 20.6. The van der Waals surface area contributed by atoms with Crippen LogP contribution in [0, 0.1) is 6.92 Å². The van der Waals surface area contributed by atoms with E-state index in [0.29, 0.717) is 41.1 Å². The van der Waals surface area contributed by atoms with Crippen LogP contribution in [0.2, 0.25) is 0 Å². The van der Waals surface area contributed by atoms with Crippen LogP contribution in [0.15, 0.2) is 70.4 Å².